The topological polar surface area (TPSA) is 97.8 Å². The van der Waals surface area contributed by atoms with Crippen molar-refractivity contribution in [2.24, 2.45) is 0 Å². The van der Waals surface area contributed by atoms with Crippen LogP contribution in [0, 0.1) is 5.82 Å². The molecule has 1 amide bonds. The van der Waals surface area contributed by atoms with E-state index in [0.29, 0.717) is 47.9 Å². The lowest BCUT2D eigenvalue weighted by molar-refractivity contribution is -0.114. The van der Waals surface area contributed by atoms with Crippen molar-refractivity contribution in [3.8, 4) is 5.75 Å². The first-order valence-electron chi connectivity index (χ1n) is 11.9. The lowest BCUT2D eigenvalue weighted by atomic mass is 10.1. The Morgan fingerprint density at radius 2 is 2.08 bits per heavy atom. The lowest BCUT2D eigenvalue weighted by Gasteiger charge is -2.15. The van der Waals surface area contributed by atoms with E-state index in [0.717, 1.165) is 13.0 Å². The predicted octanol–water partition coefficient (Wildman–Crippen LogP) is 4.70. The number of nitrogens with zero attached hydrogens (tertiary/aromatic N) is 3. The van der Waals surface area contributed by atoms with Gasteiger partial charge in [0, 0.05) is 43.9 Å². The van der Waals surface area contributed by atoms with Gasteiger partial charge in [-0.25, -0.2) is 18.7 Å². The van der Waals surface area contributed by atoms with E-state index >= 15 is 0 Å². The molecule has 2 N–H and O–H groups in total. The van der Waals surface area contributed by atoms with Crippen molar-refractivity contribution in [3.05, 3.63) is 59.4 Å². The second kappa shape index (κ2) is 12.9. The maximum Gasteiger partial charge on any atom is 0.284 e. The number of nitrogens with one attached hydrogen (secondary N) is 2. The van der Waals surface area contributed by atoms with Gasteiger partial charge in [0.2, 0.25) is 0 Å². The fourth-order valence-corrected chi connectivity index (χ4v) is 4.22. The minimum Gasteiger partial charge on any atom is -0.494 e. The first-order chi connectivity index (χ1) is 18.4. The highest BCUT2D eigenvalue weighted by atomic mass is 35.5. The summed E-state index contributed by atoms with van der Waals surface area (Å²) >= 11 is 5.88. The number of carbonyl (C=O) groups excluding carboxylic acids is 1. The maximum atomic E-state index is 14.7. The molecule has 2 aromatic carbocycles. The molecule has 0 radical (unpaired) electrons. The molecule has 2 heterocycles. The zero-order chi connectivity index (χ0) is 27.1. The normalized spacial score (nSPS) is 16.1. The number of carbonyl (C=O) groups is 1. The number of methoxy groups -OCH3 is 2. The molecule has 202 valence electrons. The van der Waals surface area contributed by atoms with Crippen LogP contribution in [0.5, 0.6) is 5.75 Å². The van der Waals surface area contributed by atoms with Gasteiger partial charge in [0.25, 0.3) is 5.91 Å². The number of ether oxygens (including phenoxy) is 3. The third-order valence-corrected chi connectivity index (χ3v) is 6.29. The Labute approximate surface area is 223 Å². The molecule has 9 nitrogen and oxygen atoms in total. The Kier molecular flexibility index (Phi) is 9.40. The molecule has 1 unspecified atom stereocenters. The van der Waals surface area contributed by atoms with E-state index in [1.165, 1.54) is 37.7 Å². The third kappa shape index (κ3) is 6.93. The highest BCUT2D eigenvalue weighted by Gasteiger charge is 2.23. The largest absolute Gasteiger partial charge is 0.494 e. The molecule has 3 aromatic rings. The Hall–Kier alpha value is -3.38. The molecule has 0 bridgehead atoms. The van der Waals surface area contributed by atoms with Crippen molar-refractivity contribution in [2.45, 2.75) is 12.5 Å². The number of aromatic nitrogens is 2. The van der Waals surface area contributed by atoms with Gasteiger partial charge in [-0.1, -0.05) is 11.6 Å². The van der Waals surface area contributed by atoms with Crippen LogP contribution in [0.1, 0.15) is 6.42 Å². The molecule has 1 aliphatic rings. The van der Waals surface area contributed by atoms with Gasteiger partial charge in [-0.3, -0.25) is 9.69 Å². The van der Waals surface area contributed by atoms with E-state index in [1.54, 1.807) is 19.2 Å². The fourth-order valence-electron chi connectivity index (χ4n) is 4.04. The summed E-state index contributed by atoms with van der Waals surface area (Å²) in [5.74, 6) is -1.70. The number of benzene rings is 2. The van der Waals surface area contributed by atoms with Crippen LogP contribution in [0.25, 0.3) is 10.9 Å². The third-order valence-electron chi connectivity index (χ3n) is 6.00. The summed E-state index contributed by atoms with van der Waals surface area (Å²) in [5, 5.41) is 6.09. The molecule has 0 spiro atoms. The molecule has 0 saturated carbocycles. The van der Waals surface area contributed by atoms with Crippen molar-refractivity contribution in [2.75, 3.05) is 57.7 Å². The quantitative estimate of drug-likeness (QED) is 0.263. The van der Waals surface area contributed by atoms with E-state index in [-0.39, 0.29) is 23.4 Å². The summed E-state index contributed by atoms with van der Waals surface area (Å²) in [7, 11) is 3.05. The Bertz CT molecular complexity index is 1330. The monoisotopic (exact) mass is 547 g/mol. The number of anilines is 3. The summed E-state index contributed by atoms with van der Waals surface area (Å²) in [4.78, 5) is 23.1. The van der Waals surface area contributed by atoms with Crippen LogP contribution in [0.3, 0.4) is 0 Å². The van der Waals surface area contributed by atoms with E-state index < -0.39 is 17.6 Å². The first-order valence-corrected chi connectivity index (χ1v) is 12.3. The highest BCUT2D eigenvalue weighted by Crippen LogP contribution is 2.34. The zero-order valence-electron chi connectivity index (χ0n) is 21.0. The molecule has 38 heavy (non-hydrogen) atoms. The minimum absolute atomic E-state index is 0.0479. The molecular weight excluding hydrogens is 520 g/mol. The number of hydrogen-bond acceptors (Lipinski definition) is 8. The summed E-state index contributed by atoms with van der Waals surface area (Å²) in [6.45, 7) is 2.71. The van der Waals surface area contributed by atoms with Gasteiger partial charge in [-0.15, -0.1) is 0 Å². The molecule has 4 rings (SSSR count). The highest BCUT2D eigenvalue weighted by molar-refractivity contribution is 6.31. The number of amides is 1. The smallest absolute Gasteiger partial charge is 0.284 e. The summed E-state index contributed by atoms with van der Waals surface area (Å²) in [6, 6.07) is 7.34. The van der Waals surface area contributed by atoms with Crippen molar-refractivity contribution >= 4 is 45.6 Å². The average molecular weight is 548 g/mol. The summed E-state index contributed by atoms with van der Waals surface area (Å²) < 4.78 is 44.4. The lowest BCUT2D eigenvalue weighted by Crippen LogP contribution is -2.25. The van der Waals surface area contributed by atoms with Crippen LogP contribution in [-0.2, 0) is 14.3 Å². The zero-order valence-corrected chi connectivity index (χ0v) is 21.7. The van der Waals surface area contributed by atoms with Crippen LogP contribution in [0.2, 0.25) is 5.02 Å². The molecule has 0 aliphatic carbocycles. The van der Waals surface area contributed by atoms with Crippen molar-refractivity contribution in [1.82, 2.24) is 14.9 Å². The van der Waals surface area contributed by atoms with Gasteiger partial charge >= 0.3 is 0 Å². The van der Waals surface area contributed by atoms with E-state index in [2.05, 4.69) is 20.6 Å². The number of fused-ring (bicyclic) bond motifs is 1. The second-order valence-corrected chi connectivity index (χ2v) is 8.99. The summed E-state index contributed by atoms with van der Waals surface area (Å²) in [5.41, 5.74) is 1.24. The van der Waals surface area contributed by atoms with E-state index in [1.807, 2.05) is 4.90 Å². The van der Waals surface area contributed by atoms with Crippen molar-refractivity contribution in [1.29, 1.82) is 0 Å². The fraction of sp³-hybridized carbons (Fsp3) is 0.346. The van der Waals surface area contributed by atoms with Gasteiger partial charge in [-0.05, 0) is 36.8 Å². The second-order valence-electron chi connectivity index (χ2n) is 8.59. The molecule has 1 aliphatic heterocycles. The van der Waals surface area contributed by atoms with Crippen LogP contribution in [-0.4, -0.2) is 73.9 Å². The van der Waals surface area contributed by atoms with Gasteiger partial charge in [-0.2, -0.15) is 0 Å². The van der Waals surface area contributed by atoms with Crippen LogP contribution in [0.15, 0.2) is 48.6 Å². The SMILES string of the molecule is COCCOC1CCN(CC=C(F)C(=O)Nc2cc3c(Nc4ccc(F)c(Cl)c4)ncnc3cc2OC)C1. The number of rotatable bonds is 11. The standard InChI is InChI=1S/C26H28ClF2N5O4/c1-36-9-10-38-17-5-7-34(14-17)8-6-21(29)26(35)33-23-12-18-22(13-24(23)37-2)30-15-31-25(18)32-16-3-4-20(28)19(27)11-16/h3-4,6,11-13,15,17H,5,7-10,14H2,1-2H3,(H,33,35)(H,30,31,32). The molecular formula is C26H28ClF2N5O4. The van der Waals surface area contributed by atoms with Crippen LogP contribution < -0.4 is 15.4 Å². The number of likely N-dealkylation sites (tertiary alicyclic amines) is 1. The average Bonchev–Trinajstić information content (AvgIpc) is 3.37. The van der Waals surface area contributed by atoms with Gasteiger partial charge in [0.05, 0.1) is 42.7 Å². The minimum atomic E-state index is -0.917. The molecule has 1 aromatic heterocycles. The maximum absolute atomic E-state index is 14.7. The first kappa shape index (κ1) is 27.6. The van der Waals surface area contributed by atoms with E-state index in [4.69, 9.17) is 25.8 Å². The Morgan fingerprint density at radius 3 is 2.84 bits per heavy atom. The van der Waals surface area contributed by atoms with Gasteiger partial charge in [0.15, 0.2) is 5.83 Å². The van der Waals surface area contributed by atoms with Gasteiger partial charge < -0.3 is 24.8 Å². The number of hydrogen-bond donors (Lipinski definition) is 2. The predicted molar refractivity (Wildman–Crippen MR) is 141 cm³/mol. The molecule has 12 heteroatoms. The number of halogens is 3. The Morgan fingerprint density at radius 1 is 1.24 bits per heavy atom. The molecule has 1 saturated heterocycles. The van der Waals surface area contributed by atoms with Crippen molar-refractivity contribution < 1.29 is 27.8 Å². The van der Waals surface area contributed by atoms with Crippen molar-refractivity contribution in [3.63, 3.8) is 0 Å². The summed E-state index contributed by atoms with van der Waals surface area (Å²) in [6.07, 6.45) is 3.49. The Balaban J connectivity index is 1.47. The van der Waals surface area contributed by atoms with Gasteiger partial charge in [0.1, 0.15) is 23.7 Å². The molecule has 1 atom stereocenters. The van der Waals surface area contributed by atoms with Crippen LogP contribution in [0.4, 0.5) is 26.0 Å². The molecule has 1 fully saturated rings. The van der Waals surface area contributed by atoms with Crippen LogP contribution >= 0.6 is 11.6 Å². The van der Waals surface area contributed by atoms with E-state index in [9.17, 15) is 13.6 Å².